The van der Waals surface area contributed by atoms with E-state index in [9.17, 15) is 0 Å². The molecule has 3 N–H and O–H groups in total. The summed E-state index contributed by atoms with van der Waals surface area (Å²) in [5, 5.41) is 3.85. The summed E-state index contributed by atoms with van der Waals surface area (Å²) >= 11 is 12.0. The SMILES string of the molecule is CCN1CCC(N(C)c2nc(N=C(N)Nc3ccc(Cl)c(Cl)c3)ncc2OC)C1. The third-order valence-electron chi connectivity index (χ3n) is 4.93. The standard InChI is InChI=1S/C19H25Cl2N7O/c1-4-28-8-7-13(11-28)27(2)17-16(29-3)10-23-19(25-17)26-18(22)24-12-5-6-14(20)15(21)9-12/h5-6,9-10,13H,4,7-8,11H2,1-3H3,(H3,22,23,24,25,26). The molecule has 0 amide bonds. The molecule has 0 saturated carbocycles. The number of benzene rings is 1. The van der Waals surface area contributed by atoms with Crippen LogP contribution in [-0.2, 0) is 0 Å². The molecule has 8 nitrogen and oxygen atoms in total. The van der Waals surface area contributed by atoms with Crippen molar-refractivity contribution in [2.24, 2.45) is 10.7 Å². The fraction of sp³-hybridized carbons (Fsp3) is 0.421. The predicted octanol–water partition coefficient (Wildman–Crippen LogP) is 3.38. The monoisotopic (exact) mass is 437 g/mol. The van der Waals surface area contributed by atoms with E-state index in [0.29, 0.717) is 33.3 Å². The number of methoxy groups -OCH3 is 1. The van der Waals surface area contributed by atoms with Gasteiger partial charge in [-0.05, 0) is 31.2 Å². The van der Waals surface area contributed by atoms with Gasteiger partial charge in [-0.1, -0.05) is 30.1 Å². The van der Waals surface area contributed by atoms with Crippen LogP contribution < -0.4 is 20.7 Å². The van der Waals surface area contributed by atoms with Gasteiger partial charge in [0.15, 0.2) is 11.6 Å². The Labute approximate surface area is 180 Å². The van der Waals surface area contributed by atoms with Crippen molar-refractivity contribution in [3.05, 3.63) is 34.4 Å². The number of guanidine groups is 1. The molecule has 1 fully saturated rings. The average molecular weight is 438 g/mol. The predicted molar refractivity (Wildman–Crippen MR) is 119 cm³/mol. The summed E-state index contributed by atoms with van der Waals surface area (Å²) in [6.07, 6.45) is 2.67. The van der Waals surface area contributed by atoms with Crippen LogP contribution in [0.2, 0.25) is 10.0 Å². The minimum atomic E-state index is 0.139. The van der Waals surface area contributed by atoms with E-state index in [-0.39, 0.29) is 11.9 Å². The minimum Gasteiger partial charge on any atom is -0.491 e. The number of rotatable bonds is 6. The first-order chi connectivity index (χ1) is 13.9. The number of likely N-dealkylation sites (tertiary alicyclic amines) is 1. The molecule has 1 atom stereocenters. The van der Waals surface area contributed by atoms with Gasteiger partial charge < -0.3 is 25.6 Å². The zero-order valence-electron chi connectivity index (χ0n) is 16.7. The van der Waals surface area contributed by atoms with Gasteiger partial charge in [-0.25, -0.2) is 4.98 Å². The van der Waals surface area contributed by atoms with Gasteiger partial charge in [0.1, 0.15) is 0 Å². The van der Waals surface area contributed by atoms with Crippen molar-refractivity contribution in [3.8, 4) is 5.75 Å². The first-order valence-electron chi connectivity index (χ1n) is 9.33. The lowest BCUT2D eigenvalue weighted by Gasteiger charge is -2.27. The summed E-state index contributed by atoms with van der Waals surface area (Å²) in [4.78, 5) is 17.6. The molecule has 3 rings (SSSR count). The van der Waals surface area contributed by atoms with Crippen LogP contribution in [0.4, 0.5) is 17.5 Å². The third-order valence-corrected chi connectivity index (χ3v) is 5.67. The van der Waals surface area contributed by atoms with Gasteiger partial charge >= 0.3 is 0 Å². The Balaban J connectivity index is 1.80. The molecule has 0 aliphatic carbocycles. The van der Waals surface area contributed by atoms with Crippen molar-refractivity contribution < 1.29 is 4.74 Å². The Morgan fingerprint density at radius 2 is 2.21 bits per heavy atom. The number of ether oxygens (including phenoxy) is 1. The van der Waals surface area contributed by atoms with Gasteiger partial charge in [0.25, 0.3) is 5.95 Å². The van der Waals surface area contributed by atoms with Crippen LogP contribution in [-0.4, -0.2) is 60.7 Å². The number of nitrogens with one attached hydrogen (secondary N) is 1. The quantitative estimate of drug-likeness (QED) is 0.528. The van der Waals surface area contributed by atoms with E-state index in [0.717, 1.165) is 26.1 Å². The number of nitrogens with zero attached hydrogens (tertiary/aromatic N) is 5. The highest BCUT2D eigenvalue weighted by atomic mass is 35.5. The van der Waals surface area contributed by atoms with Crippen LogP contribution >= 0.6 is 23.2 Å². The van der Waals surface area contributed by atoms with E-state index in [1.807, 2.05) is 7.05 Å². The Morgan fingerprint density at radius 3 is 2.86 bits per heavy atom. The van der Waals surface area contributed by atoms with Crippen molar-refractivity contribution in [1.82, 2.24) is 14.9 Å². The van der Waals surface area contributed by atoms with Crippen molar-refractivity contribution in [3.63, 3.8) is 0 Å². The first kappa shape index (κ1) is 21.4. The van der Waals surface area contributed by atoms with E-state index in [2.05, 4.69) is 37.0 Å². The second kappa shape index (κ2) is 9.47. The maximum Gasteiger partial charge on any atom is 0.254 e. The van der Waals surface area contributed by atoms with Gasteiger partial charge in [0.2, 0.25) is 5.96 Å². The summed E-state index contributed by atoms with van der Waals surface area (Å²) in [5.41, 5.74) is 6.68. The fourth-order valence-electron chi connectivity index (χ4n) is 3.25. The van der Waals surface area contributed by atoms with Crippen molar-refractivity contribution in [2.45, 2.75) is 19.4 Å². The van der Waals surface area contributed by atoms with Gasteiger partial charge in [0, 0.05) is 31.9 Å². The third kappa shape index (κ3) is 5.20. The molecular weight excluding hydrogens is 413 g/mol. The molecule has 0 radical (unpaired) electrons. The molecular formula is C19H25Cl2N7O. The number of halogens is 2. The van der Waals surface area contributed by atoms with Crippen LogP contribution in [0.5, 0.6) is 5.75 Å². The van der Waals surface area contributed by atoms with Crippen molar-refractivity contribution >= 4 is 46.6 Å². The van der Waals surface area contributed by atoms with Gasteiger partial charge in [-0.15, -0.1) is 0 Å². The minimum absolute atomic E-state index is 0.139. The van der Waals surface area contributed by atoms with Crippen LogP contribution in [0.3, 0.4) is 0 Å². The number of aliphatic imine (C=N–C) groups is 1. The van der Waals surface area contributed by atoms with Crippen LogP contribution in [0.25, 0.3) is 0 Å². The highest BCUT2D eigenvalue weighted by Gasteiger charge is 2.27. The molecule has 156 valence electrons. The van der Waals surface area contributed by atoms with E-state index in [4.69, 9.17) is 33.7 Å². The van der Waals surface area contributed by atoms with Gasteiger partial charge in [-0.2, -0.15) is 9.98 Å². The van der Waals surface area contributed by atoms with E-state index in [1.165, 1.54) is 0 Å². The maximum absolute atomic E-state index is 6.03. The zero-order chi connectivity index (χ0) is 21.0. The average Bonchev–Trinajstić information content (AvgIpc) is 3.19. The number of anilines is 2. The number of aromatic nitrogens is 2. The zero-order valence-corrected chi connectivity index (χ0v) is 18.2. The van der Waals surface area contributed by atoms with E-state index >= 15 is 0 Å². The number of nitrogens with two attached hydrogens (primary N) is 1. The second-order valence-corrected chi connectivity index (χ2v) is 7.57. The lowest BCUT2D eigenvalue weighted by atomic mass is 10.2. The number of hydrogen-bond acceptors (Lipinski definition) is 6. The molecule has 1 aliphatic rings. The van der Waals surface area contributed by atoms with Gasteiger partial charge in [0.05, 0.1) is 23.4 Å². The van der Waals surface area contributed by atoms with Gasteiger partial charge in [-0.3, -0.25) is 0 Å². The molecule has 1 saturated heterocycles. The molecule has 2 aromatic rings. The molecule has 1 aliphatic heterocycles. The Kier molecular flexibility index (Phi) is 7.00. The summed E-state index contributed by atoms with van der Waals surface area (Å²) < 4.78 is 5.46. The van der Waals surface area contributed by atoms with Crippen LogP contribution in [0.15, 0.2) is 29.4 Å². The summed E-state index contributed by atoms with van der Waals surface area (Å²) in [6, 6.07) is 5.45. The van der Waals surface area contributed by atoms with Crippen molar-refractivity contribution in [1.29, 1.82) is 0 Å². The lowest BCUT2D eigenvalue weighted by Crippen LogP contribution is -2.35. The second-order valence-electron chi connectivity index (χ2n) is 6.76. The lowest BCUT2D eigenvalue weighted by molar-refractivity contribution is 0.352. The summed E-state index contributed by atoms with van der Waals surface area (Å²) in [7, 11) is 3.62. The normalized spacial score (nSPS) is 17.4. The van der Waals surface area contributed by atoms with E-state index in [1.54, 1.807) is 31.5 Å². The molecule has 1 aromatic carbocycles. The fourth-order valence-corrected chi connectivity index (χ4v) is 3.55. The highest BCUT2D eigenvalue weighted by molar-refractivity contribution is 6.42. The first-order valence-corrected chi connectivity index (χ1v) is 10.1. The molecule has 1 unspecified atom stereocenters. The van der Waals surface area contributed by atoms with Crippen LogP contribution in [0.1, 0.15) is 13.3 Å². The van der Waals surface area contributed by atoms with Crippen molar-refractivity contribution in [2.75, 3.05) is 44.0 Å². The maximum atomic E-state index is 6.03. The van der Waals surface area contributed by atoms with E-state index < -0.39 is 0 Å². The number of likely N-dealkylation sites (N-methyl/N-ethyl adjacent to an activating group) is 2. The summed E-state index contributed by atoms with van der Waals surface area (Å²) in [6.45, 7) is 5.27. The van der Waals surface area contributed by atoms with Crippen LogP contribution in [0, 0.1) is 0 Å². The topological polar surface area (TPSA) is 91.9 Å². The summed E-state index contributed by atoms with van der Waals surface area (Å²) in [5.74, 6) is 1.66. The Morgan fingerprint density at radius 1 is 1.41 bits per heavy atom. The number of hydrogen-bond donors (Lipinski definition) is 2. The molecule has 2 heterocycles. The molecule has 1 aromatic heterocycles. The Bertz CT molecular complexity index is 893. The highest BCUT2D eigenvalue weighted by Crippen LogP contribution is 2.30. The molecule has 10 heteroatoms. The smallest absolute Gasteiger partial charge is 0.254 e. The molecule has 29 heavy (non-hydrogen) atoms. The largest absolute Gasteiger partial charge is 0.491 e. The molecule has 0 bridgehead atoms. The Hall–Kier alpha value is -2.29. The molecule has 0 spiro atoms.